The van der Waals surface area contributed by atoms with Gasteiger partial charge in [-0.05, 0) is 6.92 Å². The number of hydrogen-bond acceptors (Lipinski definition) is 13. The molecule has 0 aromatic rings. The Hall–Kier alpha value is -0.0600. The van der Waals surface area contributed by atoms with E-state index in [0.29, 0.717) is 35.3 Å². The van der Waals surface area contributed by atoms with Gasteiger partial charge in [-0.15, -0.1) is 0 Å². The Morgan fingerprint density at radius 3 is 1.49 bits per heavy atom. The summed E-state index contributed by atoms with van der Waals surface area (Å²) in [6, 6.07) is 0. The molecule has 0 aromatic heterocycles. The van der Waals surface area contributed by atoms with Crippen LogP contribution >= 0.6 is 15.6 Å². The van der Waals surface area contributed by atoms with Crippen LogP contribution in [0, 0.1) is 5.41 Å². The smallest absolute Gasteiger partial charge is 0.267 e. The minimum Gasteiger partial charge on any atom is -0.756 e. The molecule has 2 unspecified atom stereocenters. The number of likely N-dealkylation sites (N-methyl/N-ethyl adjacent to an activating group) is 2. The number of phosphoric ester groups is 2. The van der Waals surface area contributed by atoms with Crippen molar-refractivity contribution in [3.05, 3.63) is 0 Å². The summed E-state index contributed by atoms with van der Waals surface area (Å²) >= 11 is 0. The van der Waals surface area contributed by atoms with Gasteiger partial charge >= 0.3 is 0 Å². The van der Waals surface area contributed by atoms with E-state index >= 15 is 0 Å². The van der Waals surface area contributed by atoms with Crippen molar-refractivity contribution < 1.29 is 66.4 Å². The molecule has 2 atom stereocenters. The number of aliphatic hydroxyl groups excluding tert-OH is 4. The Morgan fingerprint density at radius 2 is 1.17 bits per heavy atom. The number of nitrogens with zero attached hydrogens (tertiary/aromatic N) is 3. The van der Waals surface area contributed by atoms with E-state index in [2.05, 4.69) is 18.1 Å². The van der Waals surface area contributed by atoms with Crippen LogP contribution in [0.1, 0.15) is 6.92 Å². The van der Waals surface area contributed by atoms with E-state index in [1.165, 1.54) is 4.90 Å². The third-order valence-electron chi connectivity index (χ3n) is 4.90. The molecule has 0 aliphatic carbocycles. The largest absolute Gasteiger partial charge is 0.756 e. The molecule has 0 fully saturated rings. The first kappa shape index (κ1) is 37.1. The van der Waals surface area contributed by atoms with Gasteiger partial charge in [0.05, 0.1) is 53.4 Å². The van der Waals surface area contributed by atoms with E-state index in [1.54, 1.807) is 6.92 Å². The third kappa shape index (κ3) is 18.8. The molecule has 0 bridgehead atoms. The highest BCUT2D eigenvalue weighted by Gasteiger charge is 2.32. The zero-order valence-electron chi connectivity index (χ0n) is 21.9. The molecule has 0 heterocycles. The molecule has 15 nitrogen and oxygen atoms in total. The first-order chi connectivity index (χ1) is 15.9. The number of rotatable bonds is 18. The van der Waals surface area contributed by atoms with Gasteiger partial charge in [-0.1, -0.05) is 0 Å². The summed E-state index contributed by atoms with van der Waals surface area (Å²) in [6.45, 7) is 2.62. The normalized spacial score (nSPS) is 16.4. The molecule has 0 aromatic carbocycles. The number of quaternary nitrogens is 2. The fourth-order valence-electron chi connectivity index (χ4n) is 2.91. The highest BCUT2D eigenvalue weighted by Crippen LogP contribution is 2.37. The maximum absolute atomic E-state index is 11.0. The lowest BCUT2D eigenvalue weighted by atomic mass is 9.91. The van der Waals surface area contributed by atoms with Crippen LogP contribution < -0.4 is 9.79 Å². The van der Waals surface area contributed by atoms with Crippen LogP contribution in [0.5, 0.6) is 0 Å². The molecule has 17 heteroatoms. The standard InChI is InChI=1S/C10H24NO6P.C8H21N2O6P/c1-10(8-12,9-13)7-11(2,3)5-6-17-18(14,15)16-4;1-10(2,6-9(7-11)8-12)4-5-16-17(13,14)15-3/h12-13H,5-9H2,1-4H3;11-12H,4-8H2,1-3H3. The predicted molar refractivity (Wildman–Crippen MR) is 123 cm³/mol. The van der Waals surface area contributed by atoms with Crippen molar-refractivity contribution in [3.8, 4) is 0 Å². The summed E-state index contributed by atoms with van der Waals surface area (Å²) in [4.78, 5) is 23.3. The lowest BCUT2D eigenvalue weighted by Crippen LogP contribution is -2.51. The average molecular weight is 558 g/mol. The molecule has 0 saturated heterocycles. The molecular weight excluding hydrogens is 512 g/mol. The Labute approximate surface area is 208 Å². The first-order valence-electron chi connectivity index (χ1n) is 10.7. The molecule has 0 aliphatic heterocycles. The van der Waals surface area contributed by atoms with E-state index < -0.39 is 21.1 Å². The Kier molecular flexibility index (Phi) is 17.7. The second-order valence-corrected chi connectivity index (χ2v) is 12.7. The van der Waals surface area contributed by atoms with E-state index in [9.17, 15) is 29.1 Å². The molecule has 214 valence electrons. The average Bonchev–Trinajstić information content (AvgIpc) is 2.76. The van der Waals surface area contributed by atoms with Crippen molar-refractivity contribution in [2.75, 3.05) is 109 Å². The van der Waals surface area contributed by atoms with E-state index in [1.807, 2.05) is 28.2 Å². The van der Waals surface area contributed by atoms with Gasteiger partial charge in [0.25, 0.3) is 15.6 Å². The third-order valence-corrected chi connectivity index (χ3v) is 6.79. The summed E-state index contributed by atoms with van der Waals surface area (Å²) in [5.74, 6) is 0. The van der Waals surface area contributed by atoms with Crippen LogP contribution in [0.25, 0.3) is 0 Å². The fraction of sp³-hybridized carbons (Fsp3) is 1.00. The second kappa shape index (κ2) is 16.7. The van der Waals surface area contributed by atoms with Gasteiger partial charge in [-0.2, -0.15) is 0 Å². The molecule has 0 amide bonds. The maximum atomic E-state index is 11.0. The van der Waals surface area contributed by atoms with Crippen molar-refractivity contribution in [2.45, 2.75) is 6.92 Å². The van der Waals surface area contributed by atoms with Crippen LogP contribution in [0.2, 0.25) is 0 Å². The summed E-state index contributed by atoms with van der Waals surface area (Å²) < 4.78 is 40.2. The van der Waals surface area contributed by atoms with Crippen LogP contribution in [-0.2, 0) is 27.2 Å². The summed E-state index contributed by atoms with van der Waals surface area (Å²) in [7, 11) is 1.10. The van der Waals surface area contributed by atoms with Crippen molar-refractivity contribution in [2.24, 2.45) is 5.41 Å². The van der Waals surface area contributed by atoms with Crippen molar-refractivity contribution >= 4 is 15.6 Å². The van der Waals surface area contributed by atoms with Gasteiger partial charge in [0.15, 0.2) is 0 Å². The number of hydrogen-bond donors (Lipinski definition) is 4. The minimum absolute atomic E-state index is 0.00540. The van der Waals surface area contributed by atoms with Crippen LogP contribution in [0.3, 0.4) is 0 Å². The van der Waals surface area contributed by atoms with Gasteiger partial charge in [0.2, 0.25) is 0 Å². The highest BCUT2D eigenvalue weighted by molar-refractivity contribution is 7.46. The topological polar surface area (TPSA) is 201 Å². The Bertz CT molecular complexity index is 661. The van der Waals surface area contributed by atoms with Crippen molar-refractivity contribution in [1.29, 1.82) is 0 Å². The van der Waals surface area contributed by atoms with Gasteiger partial charge in [0.1, 0.15) is 46.4 Å². The molecule has 4 N–H and O–H groups in total. The fourth-order valence-corrected chi connectivity index (χ4v) is 3.73. The summed E-state index contributed by atoms with van der Waals surface area (Å²) in [5, 5.41) is 36.2. The predicted octanol–water partition coefficient (Wildman–Crippen LogP) is -2.46. The summed E-state index contributed by atoms with van der Waals surface area (Å²) in [5.41, 5.74) is -0.605. The van der Waals surface area contributed by atoms with Crippen molar-refractivity contribution in [1.82, 2.24) is 4.90 Å². The van der Waals surface area contributed by atoms with Crippen LogP contribution in [-0.4, -0.2) is 143 Å². The molecule has 0 aliphatic rings. The zero-order chi connectivity index (χ0) is 28.0. The molecule has 0 radical (unpaired) electrons. The van der Waals surface area contributed by atoms with Gasteiger partial charge in [0, 0.05) is 14.2 Å². The van der Waals surface area contributed by atoms with Crippen LogP contribution in [0.15, 0.2) is 0 Å². The number of aliphatic hydroxyl groups is 4. The first-order valence-corrected chi connectivity index (χ1v) is 13.6. The maximum Gasteiger partial charge on any atom is 0.267 e. The zero-order valence-corrected chi connectivity index (χ0v) is 23.7. The summed E-state index contributed by atoms with van der Waals surface area (Å²) in [6.07, 6.45) is 0. The second-order valence-electron chi connectivity index (χ2n) is 9.62. The lowest BCUT2D eigenvalue weighted by Gasteiger charge is -2.37. The van der Waals surface area contributed by atoms with E-state index in [4.69, 9.17) is 10.2 Å². The minimum atomic E-state index is -4.18. The highest BCUT2D eigenvalue weighted by atomic mass is 31.2. The Morgan fingerprint density at radius 1 is 0.800 bits per heavy atom. The quantitative estimate of drug-likeness (QED) is 0.0786. The lowest BCUT2D eigenvalue weighted by molar-refractivity contribution is -0.901. The monoisotopic (exact) mass is 557 g/mol. The van der Waals surface area contributed by atoms with Gasteiger partial charge < -0.3 is 57.3 Å². The van der Waals surface area contributed by atoms with Crippen LogP contribution in [0.4, 0.5) is 0 Å². The van der Waals surface area contributed by atoms with Gasteiger partial charge in [-0.25, -0.2) is 4.90 Å². The van der Waals surface area contributed by atoms with Gasteiger partial charge in [-0.3, -0.25) is 9.13 Å². The Balaban J connectivity index is 0. The molecule has 35 heavy (non-hydrogen) atoms. The van der Waals surface area contributed by atoms with Crippen molar-refractivity contribution in [3.63, 3.8) is 0 Å². The molecule has 0 spiro atoms. The molecule has 0 rings (SSSR count). The van der Waals surface area contributed by atoms with E-state index in [-0.39, 0.29) is 39.9 Å². The SMILES string of the molecule is COP(=O)([O-])OCC[N+](C)(C)CC(C)(CO)CO.COP(=O)([O-])OCC[N+](C)(C)CN(CO)CO. The van der Waals surface area contributed by atoms with E-state index in [0.717, 1.165) is 14.2 Å². The molecule has 0 saturated carbocycles. The number of phosphoric acid groups is 2. The molecular formula is C18H45N3O12P2.